The number of benzene rings is 1. The molecule has 3 aliphatic rings. The number of nitrogens with one attached hydrogen (secondary N) is 1. The lowest BCUT2D eigenvalue weighted by Crippen LogP contribution is -2.60. The number of furan rings is 1. The lowest BCUT2D eigenvalue weighted by atomic mass is 9.95. The van der Waals surface area contributed by atoms with Crippen molar-refractivity contribution in [3.8, 4) is 0 Å². The van der Waals surface area contributed by atoms with Gasteiger partial charge in [-0.15, -0.1) is 0 Å². The van der Waals surface area contributed by atoms with Crippen molar-refractivity contribution >= 4 is 39.8 Å². The first kappa shape index (κ1) is 22.8. The second-order valence-corrected chi connectivity index (χ2v) is 10.4. The first-order chi connectivity index (χ1) is 16.9. The standard InChI is InChI=1S/C26H29ClN4O4/c1-26(15-34-14-23(26)32)31-6-4-30(5-7-31)21-10-16-11-24(28-13-17(16)9-20(21)27)29-25(33)19-12-18(19)22-3-2-8-35-22/h2-3,8-11,13,18-19,23,32H,4-7,12,14-15H2,1H3,(H,28,29,33)/t18-,19-,23-,26+/m0/s1. The van der Waals surface area contributed by atoms with Gasteiger partial charge in [-0.2, -0.15) is 0 Å². The molecule has 2 aliphatic heterocycles. The van der Waals surface area contributed by atoms with Crippen molar-refractivity contribution in [1.29, 1.82) is 0 Å². The van der Waals surface area contributed by atoms with Gasteiger partial charge in [-0.05, 0) is 49.1 Å². The summed E-state index contributed by atoms with van der Waals surface area (Å²) in [7, 11) is 0. The Labute approximate surface area is 208 Å². The minimum absolute atomic E-state index is 0.0323. The number of aromatic nitrogens is 1. The van der Waals surface area contributed by atoms with Gasteiger partial charge in [0, 0.05) is 49.6 Å². The average Bonchev–Trinajstić information content (AvgIpc) is 3.32. The molecule has 35 heavy (non-hydrogen) atoms. The maximum absolute atomic E-state index is 12.7. The number of ether oxygens (including phenoxy) is 1. The Morgan fingerprint density at radius 1 is 1.23 bits per heavy atom. The van der Waals surface area contributed by atoms with Crippen LogP contribution in [0.15, 0.2) is 47.2 Å². The van der Waals surface area contributed by atoms with Gasteiger partial charge >= 0.3 is 0 Å². The van der Waals surface area contributed by atoms with Crippen LogP contribution in [0.4, 0.5) is 11.5 Å². The third-order valence-electron chi connectivity index (χ3n) is 7.81. The largest absolute Gasteiger partial charge is 0.469 e. The van der Waals surface area contributed by atoms with Crippen LogP contribution >= 0.6 is 11.6 Å². The van der Waals surface area contributed by atoms with E-state index in [1.165, 1.54) is 0 Å². The van der Waals surface area contributed by atoms with Crippen molar-refractivity contribution in [2.24, 2.45) is 5.92 Å². The Morgan fingerprint density at radius 3 is 2.77 bits per heavy atom. The molecule has 184 valence electrons. The zero-order valence-corrected chi connectivity index (χ0v) is 20.4. The highest BCUT2D eigenvalue weighted by molar-refractivity contribution is 6.34. The van der Waals surface area contributed by atoms with Crippen LogP contribution in [-0.4, -0.2) is 71.9 Å². The number of hydrogen-bond acceptors (Lipinski definition) is 7. The number of carbonyl (C=O) groups is 1. The van der Waals surface area contributed by atoms with Crippen molar-refractivity contribution in [2.75, 3.05) is 49.6 Å². The molecule has 1 saturated carbocycles. The first-order valence-corrected chi connectivity index (χ1v) is 12.5. The molecule has 9 heteroatoms. The van der Waals surface area contributed by atoms with Crippen LogP contribution in [0.5, 0.6) is 0 Å². The summed E-state index contributed by atoms with van der Waals surface area (Å²) in [5.41, 5.74) is 0.631. The van der Waals surface area contributed by atoms with Crippen LogP contribution in [0, 0.1) is 5.92 Å². The highest BCUT2D eigenvalue weighted by atomic mass is 35.5. The van der Waals surface area contributed by atoms with Crippen molar-refractivity contribution in [3.05, 3.63) is 53.6 Å². The van der Waals surface area contributed by atoms with E-state index in [-0.39, 0.29) is 23.3 Å². The van der Waals surface area contributed by atoms with Gasteiger partial charge in [-0.25, -0.2) is 4.98 Å². The Morgan fingerprint density at radius 2 is 2.06 bits per heavy atom. The molecule has 8 nitrogen and oxygen atoms in total. The number of amides is 1. The molecular formula is C26H29ClN4O4. The van der Waals surface area contributed by atoms with E-state index in [4.69, 9.17) is 20.8 Å². The lowest BCUT2D eigenvalue weighted by molar-refractivity contribution is -0.117. The van der Waals surface area contributed by atoms with E-state index in [0.717, 1.165) is 54.8 Å². The monoisotopic (exact) mass is 496 g/mol. The summed E-state index contributed by atoms with van der Waals surface area (Å²) in [6.07, 6.45) is 3.71. The number of rotatable bonds is 5. The number of halogens is 1. The molecule has 2 aromatic heterocycles. The lowest BCUT2D eigenvalue weighted by Gasteiger charge is -2.45. The summed E-state index contributed by atoms with van der Waals surface area (Å²) in [4.78, 5) is 21.7. The van der Waals surface area contributed by atoms with Crippen molar-refractivity contribution < 1.29 is 19.1 Å². The normalized spacial score (nSPS) is 29.0. The number of aliphatic hydroxyl groups is 1. The quantitative estimate of drug-likeness (QED) is 0.558. The third-order valence-corrected chi connectivity index (χ3v) is 8.11. The van der Waals surface area contributed by atoms with E-state index in [9.17, 15) is 9.90 Å². The predicted octanol–water partition coefficient (Wildman–Crippen LogP) is 3.50. The van der Waals surface area contributed by atoms with E-state index in [1.807, 2.05) is 24.3 Å². The molecule has 4 atom stereocenters. The second-order valence-electron chi connectivity index (χ2n) is 10.0. The number of anilines is 2. The maximum Gasteiger partial charge on any atom is 0.229 e. The summed E-state index contributed by atoms with van der Waals surface area (Å²) in [5, 5.41) is 15.9. The molecule has 1 aliphatic carbocycles. The Kier molecular flexibility index (Phi) is 5.72. The van der Waals surface area contributed by atoms with Crippen LogP contribution < -0.4 is 10.2 Å². The molecule has 1 amide bonds. The van der Waals surface area contributed by atoms with E-state index < -0.39 is 6.10 Å². The molecule has 4 heterocycles. The van der Waals surface area contributed by atoms with Gasteiger partial charge < -0.3 is 24.5 Å². The first-order valence-electron chi connectivity index (χ1n) is 12.1. The number of fused-ring (bicyclic) bond motifs is 1. The number of piperazine rings is 1. The fourth-order valence-electron chi connectivity index (χ4n) is 5.40. The number of aliphatic hydroxyl groups excluding tert-OH is 1. The maximum atomic E-state index is 12.7. The van der Waals surface area contributed by atoms with Crippen LogP contribution in [0.2, 0.25) is 5.02 Å². The van der Waals surface area contributed by atoms with Gasteiger partial charge in [0.05, 0.1) is 41.8 Å². The van der Waals surface area contributed by atoms with Crippen LogP contribution in [-0.2, 0) is 9.53 Å². The Balaban J connectivity index is 1.15. The summed E-state index contributed by atoms with van der Waals surface area (Å²) < 4.78 is 11.0. The van der Waals surface area contributed by atoms with Crippen LogP contribution in [0.1, 0.15) is 25.0 Å². The van der Waals surface area contributed by atoms with E-state index in [0.29, 0.717) is 24.1 Å². The van der Waals surface area contributed by atoms with Crippen molar-refractivity contribution in [3.63, 3.8) is 0 Å². The van der Waals surface area contributed by atoms with Gasteiger partial charge in [0.15, 0.2) is 0 Å². The fraction of sp³-hybridized carbons (Fsp3) is 0.462. The molecule has 3 fully saturated rings. The molecular weight excluding hydrogens is 468 g/mol. The van der Waals surface area contributed by atoms with E-state index in [2.05, 4.69) is 33.1 Å². The van der Waals surface area contributed by atoms with Gasteiger partial charge in [0.1, 0.15) is 11.6 Å². The number of carbonyl (C=O) groups excluding carboxylic acids is 1. The molecule has 0 radical (unpaired) electrons. The number of nitrogens with zero attached hydrogens (tertiary/aromatic N) is 3. The van der Waals surface area contributed by atoms with Crippen molar-refractivity contribution in [1.82, 2.24) is 9.88 Å². The van der Waals surface area contributed by atoms with Gasteiger partial charge in [0.2, 0.25) is 5.91 Å². The molecule has 6 rings (SSSR count). The van der Waals surface area contributed by atoms with Crippen LogP contribution in [0.3, 0.4) is 0 Å². The van der Waals surface area contributed by atoms with Gasteiger partial charge in [-0.1, -0.05) is 11.6 Å². The SMILES string of the molecule is C[C@@]1(N2CCN(c3cc4cc(NC(=O)[C@H]5C[C@@H]5c5ccco5)ncc4cc3Cl)CC2)COC[C@@H]1O. The molecule has 0 spiro atoms. The minimum Gasteiger partial charge on any atom is -0.469 e. The van der Waals surface area contributed by atoms with E-state index >= 15 is 0 Å². The highest BCUT2D eigenvalue weighted by Gasteiger charge is 2.46. The predicted molar refractivity (Wildman–Crippen MR) is 134 cm³/mol. The zero-order chi connectivity index (χ0) is 24.2. The second kappa shape index (κ2) is 8.78. The van der Waals surface area contributed by atoms with Gasteiger partial charge in [0.25, 0.3) is 0 Å². The summed E-state index contributed by atoms with van der Waals surface area (Å²) in [6, 6.07) is 9.68. The Bertz CT molecular complexity index is 1240. The molecule has 1 aromatic carbocycles. The van der Waals surface area contributed by atoms with Crippen LogP contribution in [0.25, 0.3) is 10.8 Å². The molecule has 3 aromatic rings. The average molecular weight is 497 g/mol. The third kappa shape index (κ3) is 4.18. The summed E-state index contributed by atoms with van der Waals surface area (Å²) in [5.74, 6) is 1.43. The Hall–Kier alpha value is -2.65. The smallest absolute Gasteiger partial charge is 0.229 e. The fourth-order valence-corrected chi connectivity index (χ4v) is 5.69. The summed E-state index contributed by atoms with van der Waals surface area (Å²) >= 11 is 6.67. The van der Waals surface area contributed by atoms with Gasteiger partial charge in [-0.3, -0.25) is 9.69 Å². The molecule has 0 unspecified atom stereocenters. The molecule has 2 N–H and O–H groups in total. The molecule has 0 bridgehead atoms. The molecule has 2 saturated heterocycles. The van der Waals surface area contributed by atoms with E-state index in [1.54, 1.807) is 12.5 Å². The highest BCUT2D eigenvalue weighted by Crippen LogP contribution is 2.48. The number of pyridine rings is 1. The van der Waals surface area contributed by atoms with Crippen molar-refractivity contribution in [2.45, 2.75) is 30.9 Å². The topological polar surface area (TPSA) is 91.1 Å². The minimum atomic E-state index is -0.468. The zero-order valence-electron chi connectivity index (χ0n) is 19.6. The number of hydrogen-bond donors (Lipinski definition) is 2. The summed E-state index contributed by atoms with van der Waals surface area (Å²) in [6.45, 7) is 6.27.